The van der Waals surface area contributed by atoms with Gasteiger partial charge in [0, 0.05) is 11.3 Å². The Kier molecular flexibility index (Phi) is 3.99. The third-order valence-electron chi connectivity index (χ3n) is 2.70. The molecule has 2 rings (SSSR count). The van der Waals surface area contributed by atoms with Crippen molar-refractivity contribution >= 4 is 5.69 Å². The number of aliphatic hydroxyl groups excluding tert-OH is 1. The third kappa shape index (κ3) is 2.77. The van der Waals surface area contributed by atoms with Gasteiger partial charge in [0.2, 0.25) is 11.8 Å². The van der Waals surface area contributed by atoms with Crippen LogP contribution in [0.1, 0.15) is 17.5 Å². The predicted octanol–water partition coefficient (Wildman–Crippen LogP) is 1.30. The summed E-state index contributed by atoms with van der Waals surface area (Å²) in [5.41, 5.74) is 6.10. The largest absolute Gasteiger partial charge is 0.481 e. The van der Waals surface area contributed by atoms with Crippen LogP contribution in [0.25, 0.3) is 0 Å². The average molecular weight is 279 g/mol. The van der Waals surface area contributed by atoms with Crippen molar-refractivity contribution in [3.63, 3.8) is 0 Å². The lowest BCUT2D eigenvalue weighted by Gasteiger charge is -2.14. The van der Waals surface area contributed by atoms with Crippen LogP contribution < -0.4 is 15.2 Å². The maximum atomic E-state index is 13.0. The molecule has 0 fully saturated rings. The molecule has 0 amide bonds. The molecule has 0 spiro atoms. The first kappa shape index (κ1) is 14.0. The molecule has 0 aliphatic rings. The second-order valence-electron chi connectivity index (χ2n) is 3.99. The van der Waals surface area contributed by atoms with Gasteiger partial charge in [-0.2, -0.15) is 9.97 Å². The zero-order valence-electron chi connectivity index (χ0n) is 11.0. The smallest absolute Gasteiger partial charge is 0.220 e. The van der Waals surface area contributed by atoms with E-state index in [4.69, 9.17) is 15.2 Å². The van der Waals surface area contributed by atoms with Crippen LogP contribution in [0.5, 0.6) is 11.8 Å². The van der Waals surface area contributed by atoms with Gasteiger partial charge in [-0.1, -0.05) is 6.07 Å². The number of nitrogens with two attached hydrogens (primary N) is 1. The van der Waals surface area contributed by atoms with Crippen LogP contribution in [0.2, 0.25) is 0 Å². The summed E-state index contributed by atoms with van der Waals surface area (Å²) < 4.78 is 23.0. The molecule has 0 aliphatic carbocycles. The Morgan fingerprint density at radius 1 is 1.15 bits per heavy atom. The fourth-order valence-corrected chi connectivity index (χ4v) is 1.69. The molecule has 0 saturated heterocycles. The fraction of sp³-hybridized carbons (Fsp3) is 0.231. The molecule has 1 heterocycles. The second kappa shape index (κ2) is 5.70. The SMILES string of the molecule is COc1cc(OC)nc(C(O)c2ccc(F)cc2N)n1. The number of ether oxygens (including phenoxy) is 2. The van der Waals surface area contributed by atoms with Gasteiger partial charge in [0.1, 0.15) is 11.9 Å². The molecular formula is C13H14FN3O3. The van der Waals surface area contributed by atoms with Crippen LogP contribution in [0.4, 0.5) is 10.1 Å². The van der Waals surface area contributed by atoms with Gasteiger partial charge in [0.05, 0.1) is 20.3 Å². The Balaban J connectivity index is 2.44. The monoisotopic (exact) mass is 279 g/mol. The molecule has 0 bridgehead atoms. The standard InChI is InChI=1S/C13H14FN3O3/c1-19-10-6-11(20-2)17-13(16-10)12(18)8-4-3-7(14)5-9(8)15/h3-6,12,18H,15H2,1-2H3. The van der Waals surface area contributed by atoms with Gasteiger partial charge in [0.15, 0.2) is 5.82 Å². The van der Waals surface area contributed by atoms with Gasteiger partial charge < -0.3 is 20.3 Å². The van der Waals surface area contributed by atoms with Crippen molar-refractivity contribution < 1.29 is 19.0 Å². The van der Waals surface area contributed by atoms with Crippen molar-refractivity contribution in [3.8, 4) is 11.8 Å². The van der Waals surface area contributed by atoms with E-state index in [1.807, 2.05) is 0 Å². The van der Waals surface area contributed by atoms with Crippen molar-refractivity contribution in [2.75, 3.05) is 20.0 Å². The van der Waals surface area contributed by atoms with Crippen LogP contribution in [0.15, 0.2) is 24.3 Å². The minimum absolute atomic E-state index is 0.0551. The van der Waals surface area contributed by atoms with E-state index >= 15 is 0 Å². The van der Waals surface area contributed by atoms with E-state index in [0.29, 0.717) is 5.56 Å². The number of hydrogen-bond donors (Lipinski definition) is 2. The van der Waals surface area contributed by atoms with Crippen molar-refractivity contribution in [2.45, 2.75) is 6.10 Å². The van der Waals surface area contributed by atoms with E-state index in [2.05, 4.69) is 9.97 Å². The lowest BCUT2D eigenvalue weighted by molar-refractivity contribution is 0.206. The highest BCUT2D eigenvalue weighted by atomic mass is 19.1. The number of aromatic nitrogens is 2. The number of hydrogen-bond acceptors (Lipinski definition) is 6. The first-order valence-electron chi connectivity index (χ1n) is 5.75. The normalized spacial score (nSPS) is 12.0. The molecule has 1 atom stereocenters. The Bertz CT molecular complexity index is 600. The lowest BCUT2D eigenvalue weighted by Crippen LogP contribution is -2.09. The zero-order valence-corrected chi connectivity index (χ0v) is 11.0. The van der Waals surface area contributed by atoms with Gasteiger partial charge in [-0.05, 0) is 12.1 Å². The molecule has 0 aliphatic heterocycles. The molecule has 20 heavy (non-hydrogen) atoms. The van der Waals surface area contributed by atoms with Crippen molar-refractivity contribution in [2.24, 2.45) is 0 Å². The van der Waals surface area contributed by atoms with Gasteiger partial charge >= 0.3 is 0 Å². The molecule has 6 nitrogen and oxygen atoms in total. The van der Waals surface area contributed by atoms with Crippen molar-refractivity contribution in [3.05, 3.63) is 41.5 Å². The molecule has 0 saturated carbocycles. The minimum atomic E-state index is -1.21. The molecule has 1 aromatic heterocycles. The summed E-state index contributed by atoms with van der Waals surface area (Å²) in [5.74, 6) is 0.0558. The summed E-state index contributed by atoms with van der Waals surface area (Å²) in [5, 5.41) is 10.3. The van der Waals surface area contributed by atoms with E-state index in [0.717, 1.165) is 6.07 Å². The number of anilines is 1. The van der Waals surface area contributed by atoms with Crippen molar-refractivity contribution in [1.82, 2.24) is 9.97 Å². The number of rotatable bonds is 4. The van der Waals surface area contributed by atoms with Crippen molar-refractivity contribution in [1.29, 1.82) is 0 Å². The number of halogens is 1. The molecule has 106 valence electrons. The number of nitrogen functional groups attached to an aromatic ring is 1. The Hall–Kier alpha value is -2.41. The van der Waals surface area contributed by atoms with E-state index in [-0.39, 0.29) is 23.3 Å². The average Bonchev–Trinajstić information content (AvgIpc) is 2.46. The first-order chi connectivity index (χ1) is 9.55. The maximum absolute atomic E-state index is 13.0. The van der Waals surface area contributed by atoms with Crippen LogP contribution in [0.3, 0.4) is 0 Å². The summed E-state index contributed by atoms with van der Waals surface area (Å²) in [6, 6.07) is 5.18. The number of nitrogens with zero attached hydrogens (tertiary/aromatic N) is 2. The van der Waals surface area contributed by atoms with E-state index < -0.39 is 11.9 Å². The summed E-state index contributed by atoms with van der Waals surface area (Å²) >= 11 is 0. The summed E-state index contributed by atoms with van der Waals surface area (Å²) in [6.45, 7) is 0. The summed E-state index contributed by atoms with van der Waals surface area (Å²) in [7, 11) is 2.87. The molecule has 2 aromatic rings. The van der Waals surface area contributed by atoms with Crippen LogP contribution in [-0.2, 0) is 0 Å². The summed E-state index contributed by atoms with van der Waals surface area (Å²) in [4.78, 5) is 8.05. The topological polar surface area (TPSA) is 90.5 Å². The highest BCUT2D eigenvalue weighted by molar-refractivity contribution is 5.49. The van der Waals surface area contributed by atoms with E-state index in [1.165, 1.54) is 32.4 Å². The van der Waals surface area contributed by atoms with Crippen LogP contribution in [-0.4, -0.2) is 29.3 Å². The Labute approximate surface area is 115 Å². The molecule has 3 N–H and O–H groups in total. The van der Waals surface area contributed by atoms with Crippen LogP contribution in [0, 0.1) is 5.82 Å². The first-order valence-corrected chi connectivity index (χ1v) is 5.75. The maximum Gasteiger partial charge on any atom is 0.220 e. The second-order valence-corrected chi connectivity index (χ2v) is 3.99. The van der Waals surface area contributed by atoms with E-state index in [9.17, 15) is 9.50 Å². The Morgan fingerprint density at radius 2 is 1.75 bits per heavy atom. The lowest BCUT2D eigenvalue weighted by atomic mass is 10.1. The Morgan fingerprint density at radius 3 is 2.25 bits per heavy atom. The number of benzene rings is 1. The quantitative estimate of drug-likeness (QED) is 0.820. The van der Waals surface area contributed by atoms with Gasteiger partial charge in [0.25, 0.3) is 0 Å². The number of methoxy groups -OCH3 is 2. The van der Waals surface area contributed by atoms with Gasteiger partial charge in [-0.15, -0.1) is 0 Å². The van der Waals surface area contributed by atoms with Gasteiger partial charge in [-0.25, -0.2) is 4.39 Å². The number of aliphatic hydroxyl groups is 1. The fourth-order valence-electron chi connectivity index (χ4n) is 1.69. The van der Waals surface area contributed by atoms with Crippen LogP contribution >= 0.6 is 0 Å². The third-order valence-corrected chi connectivity index (χ3v) is 2.70. The highest BCUT2D eigenvalue weighted by Crippen LogP contribution is 2.27. The predicted molar refractivity (Wildman–Crippen MR) is 70.0 cm³/mol. The minimum Gasteiger partial charge on any atom is -0.481 e. The molecule has 1 unspecified atom stereocenters. The molecular weight excluding hydrogens is 265 g/mol. The zero-order chi connectivity index (χ0) is 14.7. The van der Waals surface area contributed by atoms with E-state index in [1.54, 1.807) is 0 Å². The highest BCUT2D eigenvalue weighted by Gasteiger charge is 2.19. The molecule has 7 heteroatoms. The molecule has 0 radical (unpaired) electrons. The molecule has 1 aromatic carbocycles. The van der Waals surface area contributed by atoms with Gasteiger partial charge in [-0.3, -0.25) is 0 Å². The summed E-state index contributed by atoms with van der Waals surface area (Å²) in [6.07, 6.45) is -1.21.